The molecule has 1 aliphatic carbocycles. The molecular formula is C15H23NOS. The van der Waals surface area contributed by atoms with E-state index in [1.807, 2.05) is 11.3 Å². The first-order chi connectivity index (χ1) is 8.93. The van der Waals surface area contributed by atoms with Crippen LogP contribution in [0.15, 0.2) is 17.5 Å². The van der Waals surface area contributed by atoms with Crippen LogP contribution in [0, 0.1) is 5.92 Å². The highest BCUT2D eigenvalue weighted by Gasteiger charge is 2.29. The van der Waals surface area contributed by atoms with Gasteiger partial charge in [0.05, 0.1) is 0 Å². The van der Waals surface area contributed by atoms with Gasteiger partial charge >= 0.3 is 0 Å². The maximum Gasteiger partial charge on any atom is 0.0480 e. The standard InChI is InChI=1S/C15H23NOS/c1-2-5-12(4-1)15(14-6-3-11-18-14)16-13-7-9-17-10-8-13/h3,6,11-13,15-16H,1-2,4-5,7-10H2. The van der Waals surface area contributed by atoms with Crippen molar-refractivity contribution < 1.29 is 4.74 Å². The molecule has 3 rings (SSSR count). The second kappa shape index (κ2) is 6.18. The Morgan fingerprint density at radius 1 is 1.17 bits per heavy atom. The molecule has 100 valence electrons. The van der Waals surface area contributed by atoms with Crippen LogP contribution in [0.25, 0.3) is 0 Å². The second-order valence-electron chi connectivity index (χ2n) is 5.59. The Bertz CT molecular complexity index is 339. The molecule has 1 saturated carbocycles. The molecule has 0 spiro atoms. The van der Waals surface area contributed by atoms with Crippen LogP contribution < -0.4 is 5.32 Å². The Morgan fingerprint density at radius 3 is 2.61 bits per heavy atom. The molecular weight excluding hydrogens is 242 g/mol. The molecule has 2 fully saturated rings. The van der Waals surface area contributed by atoms with Gasteiger partial charge in [0.15, 0.2) is 0 Å². The first-order valence-corrected chi connectivity index (χ1v) is 8.18. The third-order valence-corrected chi connectivity index (χ3v) is 5.31. The van der Waals surface area contributed by atoms with E-state index >= 15 is 0 Å². The summed E-state index contributed by atoms with van der Waals surface area (Å²) >= 11 is 1.91. The van der Waals surface area contributed by atoms with E-state index in [1.54, 1.807) is 0 Å². The fourth-order valence-electron chi connectivity index (χ4n) is 3.33. The Balaban J connectivity index is 1.68. The second-order valence-corrected chi connectivity index (χ2v) is 6.57. The van der Waals surface area contributed by atoms with Crippen LogP contribution in [-0.2, 0) is 4.74 Å². The molecule has 1 saturated heterocycles. The molecule has 1 atom stereocenters. The van der Waals surface area contributed by atoms with Gasteiger partial charge in [0.1, 0.15) is 0 Å². The summed E-state index contributed by atoms with van der Waals surface area (Å²) in [5.41, 5.74) is 0. The third kappa shape index (κ3) is 2.95. The molecule has 1 aromatic rings. The van der Waals surface area contributed by atoms with Crippen LogP contribution in [0.1, 0.15) is 49.4 Å². The Morgan fingerprint density at radius 2 is 1.94 bits per heavy atom. The highest BCUT2D eigenvalue weighted by Crippen LogP contribution is 2.38. The third-order valence-electron chi connectivity index (χ3n) is 4.36. The van der Waals surface area contributed by atoms with Crippen LogP contribution in [0.4, 0.5) is 0 Å². The van der Waals surface area contributed by atoms with Crippen LogP contribution in [0.3, 0.4) is 0 Å². The largest absolute Gasteiger partial charge is 0.381 e. The average Bonchev–Trinajstić information content (AvgIpc) is 3.11. The lowest BCUT2D eigenvalue weighted by Gasteiger charge is -2.31. The van der Waals surface area contributed by atoms with Crippen molar-refractivity contribution >= 4 is 11.3 Å². The first kappa shape index (κ1) is 12.6. The van der Waals surface area contributed by atoms with Crippen molar-refractivity contribution in [2.24, 2.45) is 5.92 Å². The SMILES string of the molecule is c1csc(C(NC2CCOCC2)C2CCCC2)c1. The van der Waals surface area contributed by atoms with E-state index in [0.717, 1.165) is 19.1 Å². The molecule has 0 aromatic carbocycles. The zero-order valence-electron chi connectivity index (χ0n) is 10.9. The highest BCUT2D eigenvalue weighted by molar-refractivity contribution is 7.10. The lowest BCUT2D eigenvalue weighted by Crippen LogP contribution is -2.39. The van der Waals surface area contributed by atoms with Gasteiger partial charge in [0.25, 0.3) is 0 Å². The minimum Gasteiger partial charge on any atom is -0.381 e. The predicted molar refractivity (Wildman–Crippen MR) is 76.0 cm³/mol. The minimum absolute atomic E-state index is 0.593. The van der Waals surface area contributed by atoms with Crippen LogP contribution >= 0.6 is 11.3 Å². The van der Waals surface area contributed by atoms with Crippen LogP contribution in [0.2, 0.25) is 0 Å². The van der Waals surface area contributed by atoms with Gasteiger partial charge in [-0.2, -0.15) is 0 Å². The van der Waals surface area contributed by atoms with Crippen molar-refractivity contribution in [3.63, 3.8) is 0 Å². The molecule has 18 heavy (non-hydrogen) atoms. The highest BCUT2D eigenvalue weighted by atomic mass is 32.1. The van der Waals surface area contributed by atoms with Gasteiger partial charge in [-0.3, -0.25) is 0 Å². The summed E-state index contributed by atoms with van der Waals surface area (Å²) in [6.07, 6.45) is 7.99. The van der Waals surface area contributed by atoms with Gasteiger partial charge in [0.2, 0.25) is 0 Å². The fraction of sp³-hybridized carbons (Fsp3) is 0.733. The smallest absolute Gasteiger partial charge is 0.0480 e. The zero-order valence-corrected chi connectivity index (χ0v) is 11.8. The Hall–Kier alpha value is -0.380. The van der Waals surface area contributed by atoms with E-state index in [0.29, 0.717) is 12.1 Å². The monoisotopic (exact) mass is 265 g/mol. The predicted octanol–water partition coefficient (Wildman–Crippen LogP) is 3.75. The first-order valence-electron chi connectivity index (χ1n) is 7.30. The van der Waals surface area contributed by atoms with Crippen molar-refractivity contribution in [1.82, 2.24) is 5.32 Å². The van der Waals surface area contributed by atoms with Gasteiger partial charge in [-0.1, -0.05) is 18.9 Å². The number of hydrogen-bond donors (Lipinski definition) is 1. The molecule has 3 heteroatoms. The lowest BCUT2D eigenvalue weighted by molar-refractivity contribution is 0.0723. The van der Waals surface area contributed by atoms with Crippen LogP contribution in [0.5, 0.6) is 0 Å². The average molecular weight is 265 g/mol. The maximum atomic E-state index is 5.46. The Kier molecular flexibility index (Phi) is 4.34. The summed E-state index contributed by atoms with van der Waals surface area (Å²) in [6, 6.07) is 5.75. The molecule has 2 nitrogen and oxygen atoms in total. The number of rotatable bonds is 4. The van der Waals surface area contributed by atoms with Gasteiger partial charge in [-0.05, 0) is 43.0 Å². The lowest BCUT2D eigenvalue weighted by atomic mass is 9.94. The molecule has 0 radical (unpaired) electrons. The molecule has 1 N–H and O–H groups in total. The minimum atomic E-state index is 0.593. The summed E-state index contributed by atoms with van der Waals surface area (Å²) in [6.45, 7) is 1.86. The van der Waals surface area contributed by atoms with E-state index in [9.17, 15) is 0 Å². The number of thiophene rings is 1. The number of nitrogens with one attached hydrogen (secondary N) is 1. The van der Waals surface area contributed by atoms with Crippen LogP contribution in [-0.4, -0.2) is 19.3 Å². The molecule has 2 aliphatic rings. The maximum absolute atomic E-state index is 5.46. The van der Waals surface area contributed by atoms with E-state index in [4.69, 9.17) is 4.74 Å². The molecule has 1 aliphatic heterocycles. The van der Waals surface area contributed by atoms with Crippen molar-refractivity contribution in [2.75, 3.05) is 13.2 Å². The van der Waals surface area contributed by atoms with Gasteiger partial charge < -0.3 is 10.1 Å². The fourth-order valence-corrected chi connectivity index (χ4v) is 4.21. The van der Waals surface area contributed by atoms with Crippen molar-refractivity contribution in [1.29, 1.82) is 0 Å². The van der Waals surface area contributed by atoms with Crippen molar-refractivity contribution in [2.45, 2.75) is 50.6 Å². The zero-order chi connectivity index (χ0) is 12.2. The molecule has 1 unspecified atom stereocenters. The van der Waals surface area contributed by atoms with E-state index < -0.39 is 0 Å². The summed E-state index contributed by atoms with van der Waals surface area (Å²) in [5.74, 6) is 0.853. The number of hydrogen-bond acceptors (Lipinski definition) is 3. The molecule has 0 amide bonds. The van der Waals surface area contributed by atoms with E-state index in [-0.39, 0.29) is 0 Å². The van der Waals surface area contributed by atoms with Gasteiger partial charge in [-0.15, -0.1) is 11.3 Å². The number of ether oxygens (including phenoxy) is 1. The summed E-state index contributed by atoms with van der Waals surface area (Å²) in [4.78, 5) is 1.54. The van der Waals surface area contributed by atoms with Gasteiger partial charge in [0, 0.05) is 30.2 Å². The van der Waals surface area contributed by atoms with E-state index in [2.05, 4.69) is 22.8 Å². The Labute approximate surface area is 114 Å². The molecule has 2 heterocycles. The van der Waals surface area contributed by atoms with E-state index in [1.165, 1.54) is 43.4 Å². The topological polar surface area (TPSA) is 21.3 Å². The summed E-state index contributed by atoms with van der Waals surface area (Å²) in [5, 5.41) is 6.14. The quantitative estimate of drug-likeness (QED) is 0.895. The molecule has 0 bridgehead atoms. The van der Waals surface area contributed by atoms with Crippen molar-refractivity contribution in [3.8, 4) is 0 Å². The molecule has 1 aromatic heterocycles. The summed E-state index contributed by atoms with van der Waals surface area (Å²) < 4.78 is 5.46. The van der Waals surface area contributed by atoms with Gasteiger partial charge in [-0.25, -0.2) is 0 Å². The van der Waals surface area contributed by atoms with Crippen molar-refractivity contribution in [3.05, 3.63) is 22.4 Å². The normalized spacial score (nSPS) is 24.4. The summed E-state index contributed by atoms with van der Waals surface area (Å²) in [7, 11) is 0.